The molecule has 1 fully saturated rings. The maximum atomic E-state index is 12.1. The van der Waals surface area contributed by atoms with Gasteiger partial charge in [-0.15, -0.1) is 0 Å². The third kappa shape index (κ3) is 2.73. The summed E-state index contributed by atoms with van der Waals surface area (Å²) >= 11 is 3.12. The van der Waals surface area contributed by atoms with E-state index in [-0.39, 0.29) is 24.3 Å². The molecule has 1 N–H and O–H groups in total. The Morgan fingerprint density at radius 3 is 2.72 bits per heavy atom. The van der Waals surface area contributed by atoms with Crippen LogP contribution in [-0.4, -0.2) is 47.2 Å². The minimum absolute atomic E-state index is 0.0246. The van der Waals surface area contributed by atoms with Gasteiger partial charge in [-0.05, 0) is 35.0 Å². The number of carboxylic acid groups (broad SMARTS) is 1. The van der Waals surface area contributed by atoms with E-state index in [1.165, 1.54) is 4.90 Å². The van der Waals surface area contributed by atoms with E-state index in [1.54, 1.807) is 19.1 Å². The van der Waals surface area contributed by atoms with Crippen molar-refractivity contribution < 1.29 is 23.8 Å². The molecule has 1 aliphatic rings. The van der Waals surface area contributed by atoms with Crippen molar-refractivity contribution in [1.82, 2.24) is 4.90 Å². The lowest BCUT2D eigenvalue weighted by Gasteiger charge is -2.34. The van der Waals surface area contributed by atoms with Gasteiger partial charge in [0.1, 0.15) is 0 Å². The highest BCUT2D eigenvalue weighted by Gasteiger charge is 2.33. The number of halogens is 1. The molecule has 0 saturated carbocycles. The summed E-state index contributed by atoms with van der Waals surface area (Å²) in [5, 5.41) is 8.94. The number of carbonyl (C=O) groups is 2. The highest BCUT2D eigenvalue weighted by atomic mass is 79.9. The molecule has 6 nitrogen and oxygen atoms in total. The predicted octanol–water partition coefficient (Wildman–Crippen LogP) is 1.36. The first-order valence-corrected chi connectivity index (χ1v) is 6.19. The first-order valence-electron chi connectivity index (χ1n) is 5.40. The maximum absolute atomic E-state index is 12.1. The van der Waals surface area contributed by atoms with E-state index < -0.39 is 12.1 Å². The van der Waals surface area contributed by atoms with Crippen molar-refractivity contribution in [1.29, 1.82) is 0 Å². The van der Waals surface area contributed by atoms with Crippen LogP contribution in [0.2, 0.25) is 0 Å². The van der Waals surface area contributed by atoms with Gasteiger partial charge in [-0.3, -0.25) is 4.79 Å². The van der Waals surface area contributed by atoms with E-state index in [0.717, 1.165) is 0 Å². The molecule has 1 aromatic rings. The summed E-state index contributed by atoms with van der Waals surface area (Å²) in [6.45, 7) is 2.10. The van der Waals surface area contributed by atoms with Gasteiger partial charge in [-0.1, -0.05) is 0 Å². The Hall–Kier alpha value is -1.34. The number of amides is 1. The molecule has 98 valence electrons. The molecule has 0 aromatic carbocycles. The van der Waals surface area contributed by atoms with Gasteiger partial charge in [0, 0.05) is 6.54 Å². The SMILES string of the molecule is C[C@@H]1CN(C(=O)c2ccc(Br)o2)CC(C(=O)O)O1. The quantitative estimate of drug-likeness (QED) is 0.890. The van der Waals surface area contributed by atoms with Crippen molar-refractivity contribution in [2.45, 2.75) is 19.1 Å². The molecule has 1 saturated heterocycles. The maximum Gasteiger partial charge on any atom is 0.334 e. The van der Waals surface area contributed by atoms with Crippen LogP contribution in [0.15, 0.2) is 21.2 Å². The van der Waals surface area contributed by atoms with Gasteiger partial charge in [0.2, 0.25) is 0 Å². The van der Waals surface area contributed by atoms with Crippen LogP contribution in [0.3, 0.4) is 0 Å². The predicted molar refractivity (Wildman–Crippen MR) is 64.3 cm³/mol. The lowest BCUT2D eigenvalue weighted by atomic mass is 10.2. The van der Waals surface area contributed by atoms with Gasteiger partial charge in [0.15, 0.2) is 16.5 Å². The number of ether oxygens (including phenoxy) is 1. The Bertz CT molecular complexity index is 472. The topological polar surface area (TPSA) is 80.0 Å². The third-order valence-corrected chi connectivity index (χ3v) is 3.03. The van der Waals surface area contributed by atoms with Gasteiger partial charge in [-0.2, -0.15) is 0 Å². The molecule has 2 heterocycles. The van der Waals surface area contributed by atoms with Crippen LogP contribution in [0.1, 0.15) is 17.5 Å². The highest BCUT2D eigenvalue weighted by Crippen LogP contribution is 2.19. The zero-order valence-electron chi connectivity index (χ0n) is 9.63. The summed E-state index contributed by atoms with van der Waals surface area (Å²) in [5.41, 5.74) is 0. The Balaban J connectivity index is 2.12. The van der Waals surface area contributed by atoms with E-state index in [0.29, 0.717) is 11.2 Å². The molecule has 1 amide bonds. The first-order chi connectivity index (χ1) is 8.47. The average molecular weight is 318 g/mol. The molecule has 2 atom stereocenters. The van der Waals surface area contributed by atoms with E-state index in [9.17, 15) is 9.59 Å². The van der Waals surface area contributed by atoms with Crippen molar-refractivity contribution in [3.8, 4) is 0 Å². The van der Waals surface area contributed by atoms with Crippen LogP contribution in [0, 0.1) is 0 Å². The lowest BCUT2D eigenvalue weighted by molar-refractivity contribution is -0.160. The van der Waals surface area contributed by atoms with Crippen LogP contribution in [-0.2, 0) is 9.53 Å². The monoisotopic (exact) mass is 317 g/mol. The summed E-state index contributed by atoms with van der Waals surface area (Å²) in [5.74, 6) is -1.22. The number of furan rings is 1. The fraction of sp³-hybridized carbons (Fsp3) is 0.455. The van der Waals surface area contributed by atoms with Gasteiger partial charge >= 0.3 is 5.97 Å². The Kier molecular flexibility index (Phi) is 3.72. The molecular weight excluding hydrogens is 306 g/mol. The molecule has 0 spiro atoms. The number of rotatable bonds is 2. The standard InChI is InChI=1S/C11H12BrNO5/c1-6-4-13(5-8(17-6)11(15)16)10(14)7-2-3-9(12)18-7/h2-3,6,8H,4-5H2,1H3,(H,15,16)/t6-,8?/m1/s1. The van der Waals surface area contributed by atoms with Crippen LogP contribution >= 0.6 is 15.9 Å². The van der Waals surface area contributed by atoms with Crippen molar-refractivity contribution in [3.05, 3.63) is 22.6 Å². The van der Waals surface area contributed by atoms with E-state index in [2.05, 4.69) is 15.9 Å². The second-order valence-corrected chi connectivity index (χ2v) is 4.87. The summed E-state index contributed by atoms with van der Waals surface area (Å²) in [6.07, 6.45) is -1.31. The van der Waals surface area contributed by atoms with Gasteiger partial charge in [0.25, 0.3) is 5.91 Å². The minimum Gasteiger partial charge on any atom is -0.479 e. The van der Waals surface area contributed by atoms with Crippen LogP contribution in [0.4, 0.5) is 0 Å². The Labute approximate surface area is 112 Å². The smallest absolute Gasteiger partial charge is 0.334 e. The lowest BCUT2D eigenvalue weighted by Crippen LogP contribution is -2.51. The molecule has 0 aliphatic carbocycles. The normalized spacial score (nSPS) is 24.0. The summed E-state index contributed by atoms with van der Waals surface area (Å²) in [7, 11) is 0. The van der Waals surface area contributed by atoms with E-state index in [4.69, 9.17) is 14.3 Å². The molecule has 0 radical (unpaired) electrons. The summed E-state index contributed by atoms with van der Waals surface area (Å²) in [6, 6.07) is 3.16. The van der Waals surface area contributed by atoms with Crippen molar-refractivity contribution in [2.24, 2.45) is 0 Å². The molecule has 1 unspecified atom stereocenters. The molecule has 7 heteroatoms. The Morgan fingerprint density at radius 2 is 2.17 bits per heavy atom. The molecule has 2 rings (SSSR count). The van der Waals surface area contributed by atoms with Crippen molar-refractivity contribution >= 4 is 27.8 Å². The average Bonchev–Trinajstić information content (AvgIpc) is 2.74. The molecule has 18 heavy (non-hydrogen) atoms. The van der Waals surface area contributed by atoms with Crippen molar-refractivity contribution in [3.63, 3.8) is 0 Å². The third-order valence-electron chi connectivity index (χ3n) is 2.61. The zero-order chi connectivity index (χ0) is 13.3. The number of aliphatic carboxylic acids is 1. The van der Waals surface area contributed by atoms with Gasteiger partial charge < -0.3 is 19.2 Å². The fourth-order valence-electron chi connectivity index (χ4n) is 1.84. The second-order valence-electron chi connectivity index (χ2n) is 4.09. The number of morpholine rings is 1. The molecular formula is C11H12BrNO5. The number of carboxylic acids is 1. The Morgan fingerprint density at radius 1 is 1.44 bits per heavy atom. The van der Waals surface area contributed by atoms with Crippen LogP contribution < -0.4 is 0 Å². The zero-order valence-corrected chi connectivity index (χ0v) is 11.2. The van der Waals surface area contributed by atoms with Crippen LogP contribution in [0.5, 0.6) is 0 Å². The van der Waals surface area contributed by atoms with Gasteiger partial charge in [-0.25, -0.2) is 4.79 Å². The summed E-state index contributed by atoms with van der Waals surface area (Å²) < 4.78 is 10.9. The number of carbonyl (C=O) groups excluding carboxylic acids is 1. The minimum atomic E-state index is -1.07. The van der Waals surface area contributed by atoms with Crippen LogP contribution in [0.25, 0.3) is 0 Å². The van der Waals surface area contributed by atoms with E-state index >= 15 is 0 Å². The van der Waals surface area contributed by atoms with Gasteiger partial charge in [0.05, 0.1) is 12.6 Å². The fourth-order valence-corrected chi connectivity index (χ4v) is 2.15. The number of hydrogen-bond donors (Lipinski definition) is 1. The second kappa shape index (κ2) is 5.11. The highest BCUT2D eigenvalue weighted by molar-refractivity contribution is 9.10. The molecule has 0 bridgehead atoms. The largest absolute Gasteiger partial charge is 0.479 e. The van der Waals surface area contributed by atoms with Crippen molar-refractivity contribution in [2.75, 3.05) is 13.1 Å². The molecule has 1 aliphatic heterocycles. The summed E-state index contributed by atoms with van der Waals surface area (Å²) in [4.78, 5) is 24.4. The first kappa shape index (κ1) is 13.1. The molecule has 1 aromatic heterocycles. The number of hydrogen-bond acceptors (Lipinski definition) is 4. The number of nitrogens with zero attached hydrogens (tertiary/aromatic N) is 1. The van der Waals surface area contributed by atoms with E-state index in [1.807, 2.05) is 0 Å².